The predicted molar refractivity (Wildman–Crippen MR) is 156 cm³/mol. The number of hydrogen-bond donors (Lipinski definition) is 2. The van der Waals surface area contributed by atoms with E-state index >= 15 is 0 Å². The second-order valence-electron chi connectivity index (χ2n) is 12.0. The first-order chi connectivity index (χ1) is 17.0. The maximum atomic E-state index is 6.15. The Morgan fingerprint density at radius 3 is 1.78 bits per heavy atom. The number of benzene rings is 3. The third kappa shape index (κ3) is 6.54. The molecule has 4 rings (SSSR count). The van der Waals surface area contributed by atoms with Crippen molar-refractivity contribution in [3.63, 3.8) is 0 Å². The SMILES string of the molecule is CC(C)(C)c1ccc(C(c2ccc(C(C)(C)C)cc2)[C@H]2C[C@@H](OC(=S)Nc3ccccc3)CN2)cc1. The monoisotopic (exact) mass is 500 g/mol. The van der Waals surface area contributed by atoms with E-state index in [1.54, 1.807) is 0 Å². The fourth-order valence-corrected chi connectivity index (χ4v) is 5.19. The molecule has 2 N–H and O–H groups in total. The van der Waals surface area contributed by atoms with E-state index in [0.29, 0.717) is 5.17 Å². The molecule has 36 heavy (non-hydrogen) atoms. The largest absolute Gasteiger partial charge is 0.466 e. The van der Waals surface area contributed by atoms with Crippen LogP contribution in [-0.4, -0.2) is 23.9 Å². The van der Waals surface area contributed by atoms with Gasteiger partial charge in [0.1, 0.15) is 6.10 Å². The highest BCUT2D eigenvalue weighted by molar-refractivity contribution is 7.80. The normalized spacial score (nSPS) is 18.3. The Morgan fingerprint density at radius 1 is 0.806 bits per heavy atom. The molecule has 2 atom stereocenters. The summed E-state index contributed by atoms with van der Waals surface area (Å²) in [5, 5.41) is 7.37. The Labute approximate surface area is 222 Å². The van der Waals surface area contributed by atoms with Crippen LogP contribution in [0.5, 0.6) is 0 Å². The van der Waals surface area contributed by atoms with Crippen LogP contribution < -0.4 is 10.6 Å². The third-order valence-corrected chi connectivity index (χ3v) is 7.29. The van der Waals surface area contributed by atoms with Crippen LogP contribution in [0.4, 0.5) is 5.69 Å². The summed E-state index contributed by atoms with van der Waals surface area (Å²) in [4.78, 5) is 0. The van der Waals surface area contributed by atoms with E-state index in [0.717, 1.165) is 18.7 Å². The van der Waals surface area contributed by atoms with Gasteiger partial charge in [0.15, 0.2) is 0 Å². The van der Waals surface area contributed by atoms with Crippen LogP contribution in [0.25, 0.3) is 0 Å². The predicted octanol–water partition coefficient (Wildman–Crippen LogP) is 7.56. The average molecular weight is 501 g/mol. The van der Waals surface area contributed by atoms with Gasteiger partial charge in [0, 0.05) is 30.6 Å². The molecule has 3 aromatic carbocycles. The lowest BCUT2D eigenvalue weighted by atomic mass is 9.80. The van der Waals surface area contributed by atoms with Gasteiger partial charge in [-0.2, -0.15) is 0 Å². The highest BCUT2D eigenvalue weighted by atomic mass is 32.1. The molecule has 0 aromatic heterocycles. The number of nitrogens with one attached hydrogen (secondary N) is 2. The minimum Gasteiger partial charge on any atom is -0.466 e. The summed E-state index contributed by atoms with van der Waals surface area (Å²) in [6, 6.07) is 28.6. The van der Waals surface area contributed by atoms with Gasteiger partial charge < -0.3 is 15.4 Å². The quantitative estimate of drug-likeness (QED) is 0.354. The zero-order valence-electron chi connectivity index (χ0n) is 22.5. The van der Waals surface area contributed by atoms with E-state index in [1.807, 2.05) is 30.3 Å². The lowest BCUT2D eigenvalue weighted by Gasteiger charge is -2.27. The first-order valence-corrected chi connectivity index (χ1v) is 13.4. The second-order valence-corrected chi connectivity index (χ2v) is 12.4. The Hall–Kier alpha value is -2.69. The number of anilines is 1. The molecule has 1 heterocycles. The third-order valence-electron chi connectivity index (χ3n) is 7.09. The minimum atomic E-state index is 0.0314. The summed E-state index contributed by atoms with van der Waals surface area (Å²) in [7, 11) is 0. The van der Waals surface area contributed by atoms with Crippen LogP contribution >= 0.6 is 12.2 Å². The van der Waals surface area contributed by atoms with Gasteiger partial charge in [-0.05, 0) is 57.4 Å². The van der Waals surface area contributed by atoms with Gasteiger partial charge >= 0.3 is 0 Å². The summed E-state index contributed by atoms with van der Waals surface area (Å²) in [5.41, 5.74) is 6.57. The molecule has 0 radical (unpaired) electrons. The van der Waals surface area contributed by atoms with Gasteiger partial charge in [0.25, 0.3) is 5.17 Å². The molecular formula is C32H40N2OS. The summed E-state index contributed by atoms with van der Waals surface area (Å²) in [6.45, 7) is 14.3. The van der Waals surface area contributed by atoms with E-state index in [-0.39, 0.29) is 28.9 Å². The van der Waals surface area contributed by atoms with E-state index < -0.39 is 0 Å². The van der Waals surface area contributed by atoms with Crippen LogP contribution in [-0.2, 0) is 15.6 Å². The highest BCUT2D eigenvalue weighted by Gasteiger charge is 2.34. The molecule has 0 saturated carbocycles. The van der Waals surface area contributed by atoms with Crippen molar-refractivity contribution < 1.29 is 4.74 Å². The van der Waals surface area contributed by atoms with Crippen molar-refractivity contribution >= 4 is 23.1 Å². The van der Waals surface area contributed by atoms with Crippen molar-refractivity contribution in [2.24, 2.45) is 0 Å². The van der Waals surface area contributed by atoms with Crippen molar-refractivity contribution in [2.45, 2.75) is 76.9 Å². The van der Waals surface area contributed by atoms with Crippen molar-refractivity contribution in [3.05, 3.63) is 101 Å². The molecule has 190 valence electrons. The Balaban J connectivity index is 1.54. The lowest BCUT2D eigenvalue weighted by Crippen LogP contribution is -2.30. The van der Waals surface area contributed by atoms with Crippen LogP contribution in [0.1, 0.15) is 76.1 Å². The van der Waals surface area contributed by atoms with E-state index in [1.165, 1.54) is 22.3 Å². The van der Waals surface area contributed by atoms with Gasteiger partial charge in [0.2, 0.25) is 0 Å². The molecule has 4 heteroatoms. The summed E-state index contributed by atoms with van der Waals surface area (Å²) < 4.78 is 6.15. The number of rotatable bonds is 5. The van der Waals surface area contributed by atoms with Crippen molar-refractivity contribution in [1.29, 1.82) is 0 Å². The molecular weight excluding hydrogens is 460 g/mol. The Kier molecular flexibility index (Phi) is 7.87. The van der Waals surface area contributed by atoms with Gasteiger partial charge in [0.05, 0.1) is 0 Å². The number of ether oxygens (including phenoxy) is 1. The van der Waals surface area contributed by atoms with Crippen LogP contribution in [0.2, 0.25) is 0 Å². The minimum absolute atomic E-state index is 0.0314. The standard InChI is InChI=1S/C32H40N2OS/c1-31(2,3)24-16-12-22(13-17-24)29(23-14-18-25(19-15-23)32(4,5)6)28-20-27(21-33-28)35-30(36)34-26-10-8-7-9-11-26/h7-19,27-29,33H,20-21H2,1-6H3,(H,34,36)/t27-,28-/m1/s1. The first kappa shape index (κ1) is 26.4. The van der Waals surface area contributed by atoms with Crippen LogP contribution in [0, 0.1) is 0 Å². The summed E-state index contributed by atoms with van der Waals surface area (Å²) in [5.74, 6) is 0.234. The molecule has 3 aromatic rings. The highest BCUT2D eigenvalue weighted by Crippen LogP contribution is 2.35. The van der Waals surface area contributed by atoms with E-state index in [4.69, 9.17) is 17.0 Å². The fourth-order valence-electron chi connectivity index (χ4n) is 4.93. The lowest BCUT2D eigenvalue weighted by molar-refractivity contribution is 0.211. The molecule has 0 unspecified atom stereocenters. The molecule has 1 fully saturated rings. The van der Waals surface area contributed by atoms with Crippen LogP contribution in [0.3, 0.4) is 0 Å². The molecule has 3 nitrogen and oxygen atoms in total. The summed E-state index contributed by atoms with van der Waals surface area (Å²) >= 11 is 5.50. The smallest absolute Gasteiger partial charge is 0.261 e. The molecule has 0 bridgehead atoms. The maximum absolute atomic E-state index is 6.15. The molecule has 0 aliphatic carbocycles. The molecule has 1 aliphatic rings. The average Bonchev–Trinajstić information content (AvgIpc) is 3.27. The van der Waals surface area contributed by atoms with Crippen LogP contribution in [0.15, 0.2) is 78.9 Å². The van der Waals surface area contributed by atoms with E-state index in [9.17, 15) is 0 Å². The Morgan fingerprint density at radius 2 is 1.31 bits per heavy atom. The van der Waals surface area contributed by atoms with Gasteiger partial charge in [-0.15, -0.1) is 0 Å². The van der Waals surface area contributed by atoms with E-state index in [2.05, 4.69) is 101 Å². The topological polar surface area (TPSA) is 33.3 Å². The second kappa shape index (κ2) is 10.7. The van der Waals surface area contributed by atoms with Gasteiger partial charge in [-0.1, -0.05) is 108 Å². The zero-order chi connectivity index (χ0) is 25.9. The first-order valence-electron chi connectivity index (χ1n) is 13.0. The molecule has 0 spiro atoms. The van der Waals surface area contributed by atoms with Gasteiger partial charge in [-0.3, -0.25) is 0 Å². The number of hydrogen-bond acceptors (Lipinski definition) is 3. The number of thiocarbonyl (C=S) groups is 1. The van der Waals surface area contributed by atoms with Crippen molar-refractivity contribution in [1.82, 2.24) is 5.32 Å². The maximum Gasteiger partial charge on any atom is 0.261 e. The van der Waals surface area contributed by atoms with Gasteiger partial charge in [-0.25, -0.2) is 0 Å². The number of para-hydroxylation sites is 1. The Bertz CT molecular complexity index is 1080. The molecule has 1 saturated heterocycles. The fraction of sp³-hybridized carbons (Fsp3) is 0.406. The van der Waals surface area contributed by atoms with Crippen molar-refractivity contribution in [2.75, 3.05) is 11.9 Å². The summed E-state index contributed by atoms with van der Waals surface area (Å²) in [6.07, 6.45) is 0.924. The zero-order valence-corrected chi connectivity index (χ0v) is 23.3. The molecule has 0 amide bonds. The van der Waals surface area contributed by atoms with Crippen molar-refractivity contribution in [3.8, 4) is 0 Å². The molecule has 1 aliphatic heterocycles.